The molecule has 0 amide bonds. The molecule has 0 spiro atoms. The molecule has 1 aromatic heterocycles. The highest BCUT2D eigenvalue weighted by atomic mass is 14.8. The van der Waals surface area contributed by atoms with Gasteiger partial charge in [0, 0.05) is 6.20 Å². The van der Waals surface area contributed by atoms with Gasteiger partial charge in [0.1, 0.15) is 0 Å². The summed E-state index contributed by atoms with van der Waals surface area (Å²) in [7, 11) is 0. The predicted octanol–water partition coefficient (Wildman–Crippen LogP) is 2.37. The van der Waals surface area contributed by atoms with Gasteiger partial charge in [0.2, 0.25) is 0 Å². The molecule has 2 heteroatoms. The van der Waals surface area contributed by atoms with E-state index < -0.39 is 0 Å². The van der Waals surface area contributed by atoms with Crippen molar-refractivity contribution in [2.75, 3.05) is 0 Å². The van der Waals surface area contributed by atoms with Gasteiger partial charge < -0.3 is 0 Å². The zero-order chi connectivity index (χ0) is 8.97. The molecular weight excluding hydrogens is 148 g/mol. The molecule has 1 aromatic rings. The zero-order valence-corrected chi connectivity index (χ0v) is 7.41. The number of allylic oxidation sites excluding steroid dienone is 3. The minimum atomic E-state index is 0.873. The molecule has 0 aliphatic heterocycles. The molecule has 0 saturated heterocycles. The predicted molar refractivity (Wildman–Crippen MR) is 50.6 cm³/mol. The second-order valence-electron chi connectivity index (χ2n) is 2.49. The first-order chi connectivity index (χ1) is 5.77. The van der Waals surface area contributed by atoms with Crippen LogP contribution >= 0.6 is 0 Å². The number of hydrogen-bond acceptors (Lipinski definition) is 2. The van der Waals surface area contributed by atoms with Crippen LogP contribution in [-0.4, -0.2) is 9.97 Å². The van der Waals surface area contributed by atoms with Crippen molar-refractivity contribution in [2.45, 2.75) is 13.8 Å². The Balaban J connectivity index is 3.04. The molecule has 0 aromatic carbocycles. The Morgan fingerprint density at radius 3 is 2.58 bits per heavy atom. The van der Waals surface area contributed by atoms with E-state index in [-0.39, 0.29) is 0 Å². The van der Waals surface area contributed by atoms with E-state index in [2.05, 4.69) is 16.5 Å². The van der Waals surface area contributed by atoms with Crippen LogP contribution in [0.4, 0.5) is 0 Å². The maximum atomic E-state index is 4.22. The third-order valence-electron chi connectivity index (χ3n) is 1.61. The summed E-state index contributed by atoms with van der Waals surface area (Å²) in [6, 6.07) is 0. The van der Waals surface area contributed by atoms with E-state index >= 15 is 0 Å². The van der Waals surface area contributed by atoms with Crippen molar-refractivity contribution in [3.63, 3.8) is 0 Å². The monoisotopic (exact) mass is 160 g/mol. The van der Waals surface area contributed by atoms with Crippen molar-refractivity contribution < 1.29 is 0 Å². The van der Waals surface area contributed by atoms with Crippen molar-refractivity contribution in [3.05, 3.63) is 42.5 Å². The average Bonchev–Trinajstić information content (AvgIpc) is 2.10. The standard InChI is InChI=1S/C10H12N2/c1-4-9(5-2)10-7-11-8(3)6-12-10/h4-7H,1H2,2-3H3/b9-5+. The minimum Gasteiger partial charge on any atom is -0.258 e. The second kappa shape index (κ2) is 3.81. The van der Waals surface area contributed by atoms with Crippen LogP contribution in [0, 0.1) is 6.92 Å². The highest BCUT2D eigenvalue weighted by Crippen LogP contribution is 2.10. The van der Waals surface area contributed by atoms with Crippen molar-refractivity contribution >= 4 is 5.57 Å². The second-order valence-corrected chi connectivity index (χ2v) is 2.49. The molecule has 0 radical (unpaired) electrons. The average molecular weight is 160 g/mol. The Hall–Kier alpha value is -1.44. The van der Waals surface area contributed by atoms with Gasteiger partial charge in [-0.2, -0.15) is 0 Å². The Morgan fingerprint density at radius 2 is 2.17 bits per heavy atom. The van der Waals surface area contributed by atoms with Gasteiger partial charge in [-0.3, -0.25) is 9.97 Å². The summed E-state index contributed by atoms with van der Waals surface area (Å²) in [6.45, 7) is 7.57. The van der Waals surface area contributed by atoms with Gasteiger partial charge in [0.15, 0.2) is 0 Å². The minimum absolute atomic E-state index is 0.873. The van der Waals surface area contributed by atoms with Crippen molar-refractivity contribution in [2.24, 2.45) is 0 Å². The van der Waals surface area contributed by atoms with Crippen LogP contribution in [0.15, 0.2) is 31.1 Å². The fourth-order valence-electron chi connectivity index (χ4n) is 0.912. The summed E-state index contributed by atoms with van der Waals surface area (Å²) < 4.78 is 0. The fourth-order valence-corrected chi connectivity index (χ4v) is 0.912. The summed E-state index contributed by atoms with van der Waals surface area (Å²) in [4.78, 5) is 8.36. The molecule has 1 heterocycles. The molecule has 0 N–H and O–H groups in total. The summed E-state index contributed by atoms with van der Waals surface area (Å²) in [5.41, 5.74) is 2.82. The Kier molecular flexibility index (Phi) is 2.75. The summed E-state index contributed by atoms with van der Waals surface area (Å²) >= 11 is 0. The molecule has 62 valence electrons. The molecule has 0 atom stereocenters. The van der Waals surface area contributed by atoms with Crippen LogP contribution in [0.1, 0.15) is 18.3 Å². The first kappa shape index (κ1) is 8.65. The molecule has 0 bridgehead atoms. The zero-order valence-electron chi connectivity index (χ0n) is 7.41. The molecule has 0 unspecified atom stereocenters. The topological polar surface area (TPSA) is 25.8 Å². The van der Waals surface area contributed by atoms with Crippen molar-refractivity contribution in [3.8, 4) is 0 Å². The van der Waals surface area contributed by atoms with E-state index in [1.54, 1.807) is 18.5 Å². The van der Waals surface area contributed by atoms with Crippen LogP contribution in [-0.2, 0) is 0 Å². The number of hydrogen-bond donors (Lipinski definition) is 0. The lowest BCUT2D eigenvalue weighted by molar-refractivity contribution is 1.10. The van der Waals surface area contributed by atoms with E-state index in [1.165, 1.54) is 0 Å². The molecule has 12 heavy (non-hydrogen) atoms. The van der Waals surface area contributed by atoms with Crippen molar-refractivity contribution in [1.29, 1.82) is 0 Å². The maximum Gasteiger partial charge on any atom is 0.0881 e. The van der Waals surface area contributed by atoms with Crippen molar-refractivity contribution in [1.82, 2.24) is 9.97 Å². The van der Waals surface area contributed by atoms with Crippen LogP contribution < -0.4 is 0 Å². The van der Waals surface area contributed by atoms with Crippen LogP contribution in [0.25, 0.3) is 5.57 Å². The molecule has 2 nitrogen and oxygen atoms in total. The van der Waals surface area contributed by atoms with E-state index in [1.807, 2.05) is 19.9 Å². The number of nitrogens with zero attached hydrogens (tertiary/aromatic N) is 2. The molecule has 0 aliphatic rings. The first-order valence-electron chi connectivity index (χ1n) is 3.85. The highest BCUT2D eigenvalue weighted by molar-refractivity contribution is 5.70. The SMILES string of the molecule is C=C/C(=C\C)c1cnc(C)cn1. The lowest BCUT2D eigenvalue weighted by Gasteiger charge is -1.99. The highest BCUT2D eigenvalue weighted by Gasteiger charge is 1.96. The Labute approximate surface area is 72.7 Å². The quantitative estimate of drug-likeness (QED) is 0.621. The van der Waals surface area contributed by atoms with E-state index in [0.29, 0.717) is 0 Å². The lowest BCUT2D eigenvalue weighted by Crippen LogP contribution is -1.89. The van der Waals surface area contributed by atoms with Crippen LogP contribution in [0.3, 0.4) is 0 Å². The first-order valence-corrected chi connectivity index (χ1v) is 3.85. The van der Waals surface area contributed by atoms with E-state index in [9.17, 15) is 0 Å². The Morgan fingerprint density at radius 1 is 1.42 bits per heavy atom. The smallest absolute Gasteiger partial charge is 0.0881 e. The maximum absolute atomic E-state index is 4.22. The lowest BCUT2D eigenvalue weighted by atomic mass is 10.2. The molecular formula is C10H12N2. The normalized spacial score (nSPS) is 11.3. The van der Waals surface area contributed by atoms with E-state index in [4.69, 9.17) is 0 Å². The van der Waals surface area contributed by atoms with Gasteiger partial charge in [0.05, 0.1) is 17.6 Å². The van der Waals surface area contributed by atoms with Gasteiger partial charge in [0.25, 0.3) is 0 Å². The molecule has 1 rings (SSSR count). The molecule has 0 aliphatic carbocycles. The van der Waals surface area contributed by atoms with E-state index in [0.717, 1.165) is 17.0 Å². The van der Waals surface area contributed by atoms with Gasteiger partial charge in [-0.25, -0.2) is 0 Å². The molecule has 0 fully saturated rings. The largest absolute Gasteiger partial charge is 0.258 e. The third-order valence-corrected chi connectivity index (χ3v) is 1.61. The van der Waals surface area contributed by atoms with Crippen LogP contribution in [0.2, 0.25) is 0 Å². The Bertz CT molecular complexity index is 296. The number of aryl methyl sites for hydroxylation is 1. The van der Waals surface area contributed by atoms with Gasteiger partial charge in [-0.15, -0.1) is 0 Å². The fraction of sp³-hybridized carbons (Fsp3) is 0.200. The number of rotatable bonds is 2. The summed E-state index contributed by atoms with van der Waals surface area (Å²) in [5, 5.41) is 0. The summed E-state index contributed by atoms with van der Waals surface area (Å²) in [6.07, 6.45) is 7.25. The number of aromatic nitrogens is 2. The van der Waals surface area contributed by atoms with Crippen LogP contribution in [0.5, 0.6) is 0 Å². The summed E-state index contributed by atoms with van der Waals surface area (Å²) in [5.74, 6) is 0. The molecule has 0 saturated carbocycles. The third kappa shape index (κ3) is 1.78. The van der Waals surface area contributed by atoms with Gasteiger partial charge >= 0.3 is 0 Å². The van der Waals surface area contributed by atoms with Gasteiger partial charge in [-0.1, -0.05) is 18.7 Å². The van der Waals surface area contributed by atoms with Gasteiger partial charge in [-0.05, 0) is 19.4 Å².